The lowest BCUT2D eigenvalue weighted by atomic mass is 10.1. The standard InChI is InChI=1S/C15H12BrClFNO/c16-13-5-4-11(9-14(13)17)15(20)19-7-6-10-2-1-3-12(18)8-10/h1-5,8-9H,6-7H2,(H,19,20). The molecule has 0 bridgehead atoms. The van der Waals surface area contributed by atoms with Gasteiger partial charge in [0.1, 0.15) is 5.82 Å². The van der Waals surface area contributed by atoms with E-state index in [2.05, 4.69) is 21.2 Å². The summed E-state index contributed by atoms with van der Waals surface area (Å²) in [5.41, 5.74) is 1.34. The summed E-state index contributed by atoms with van der Waals surface area (Å²) in [4.78, 5) is 11.9. The summed E-state index contributed by atoms with van der Waals surface area (Å²) >= 11 is 9.21. The van der Waals surface area contributed by atoms with Crippen molar-refractivity contribution in [1.82, 2.24) is 5.32 Å². The fraction of sp³-hybridized carbons (Fsp3) is 0.133. The van der Waals surface area contributed by atoms with Crippen molar-refractivity contribution in [3.63, 3.8) is 0 Å². The van der Waals surface area contributed by atoms with Gasteiger partial charge < -0.3 is 5.32 Å². The van der Waals surface area contributed by atoms with E-state index in [9.17, 15) is 9.18 Å². The molecule has 0 saturated heterocycles. The minimum absolute atomic E-state index is 0.198. The van der Waals surface area contributed by atoms with Gasteiger partial charge in [0, 0.05) is 16.6 Å². The maximum Gasteiger partial charge on any atom is 0.251 e. The van der Waals surface area contributed by atoms with Crippen LogP contribution in [0.25, 0.3) is 0 Å². The molecule has 104 valence electrons. The molecular formula is C15H12BrClFNO. The van der Waals surface area contributed by atoms with Crippen LogP contribution in [0.15, 0.2) is 46.9 Å². The zero-order valence-electron chi connectivity index (χ0n) is 10.5. The minimum atomic E-state index is -0.270. The van der Waals surface area contributed by atoms with E-state index in [1.807, 2.05) is 6.07 Å². The second-order valence-corrected chi connectivity index (χ2v) is 5.53. The predicted molar refractivity (Wildman–Crippen MR) is 81.6 cm³/mol. The Morgan fingerprint density at radius 3 is 2.75 bits per heavy atom. The first-order valence-corrected chi connectivity index (χ1v) is 7.21. The topological polar surface area (TPSA) is 29.1 Å². The average Bonchev–Trinajstić information content (AvgIpc) is 2.42. The molecule has 2 aromatic carbocycles. The van der Waals surface area contributed by atoms with Crippen molar-refractivity contribution in [2.45, 2.75) is 6.42 Å². The molecule has 0 aliphatic rings. The lowest BCUT2D eigenvalue weighted by Gasteiger charge is -2.06. The number of benzene rings is 2. The van der Waals surface area contributed by atoms with Crippen LogP contribution in [0, 0.1) is 5.82 Å². The van der Waals surface area contributed by atoms with Gasteiger partial charge in [-0.05, 0) is 58.2 Å². The van der Waals surface area contributed by atoms with E-state index in [1.54, 1.807) is 24.3 Å². The number of carbonyl (C=O) groups is 1. The summed E-state index contributed by atoms with van der Waals surface area (Å²) in [6.07, 6.45) is 0.577. The Bertz CT molecular complexity index is 633. The Hall–Kier alpha value is -1.39. The van der Waals surface area contributed by atoms with Crippen molar-refractivity contribution in [1.29, 1.82) is 0 Å². The highest BCUT2D eigenvalue weighted by Crippen LogP contribution is 2.23. The van der Waals surface area contributed by atoms with Crippen molar-refractivity contribution in [3.05, 3.63) is 68.9 Å². The Morgan fingerprint density at radius 1 is 1.25 bits per heavy atom. The van der Waals surface area contributed by atoms with Gasteiger partial charge in [-0.3, -0.25) is 4.79 Å². The third-order valence-electron chi connectivity index (χ3n) is 2.77. The normalized spacial score (nSPS) is 10.3. The number of nitrogens with one attached hydrogen (secondary N) is 1. The second kappa shape index (κ2) is 6.86. The van der Waals surface area contributed by atoms with E-state index in [1.165, 1.54) is 12.1 Å². The molecule has 0 spiro atoms. The molecule has 0 aliphatic heterocycles. The van der Waals surface area contributed by atoms with Crippen LogP contribution < -0.4 is 5.32 Å². The fourth-order valence-electron chi connectivity index (χ4n) is 1.75. The monoisotopic (exact) mass is 355 g/mol. The maximum absolute atomic E-state index is 13.0. The number of amides is 1. The van der Waals surface area contributed by atoms with Gasteiger partial charge in [0.25, 0.3) is 5.91 Å². The first-order valence-electron chi connectivity index (χ1n) is 6.04. The molecular weight excluding hydrogens is 345 g/mol. The van der Waals surface area contributed by atoms with Gasteiger partial charge >= 0.3 is 0 Å². The van der Waals surface area contributed by atoms with Crippen molar-refractivity contribution in [2.75, 3.05) is 6.54 Å². The Kier molecular flexibility index (Phi) is 5.15. The van der Waals surface area contributed by atoms with Gasteiger partial charge in [0.05, 0.1) is 5.02 Å². The second-order valence-electron chi connectivity index (χ2n) is 4.26. The van der Waals surface area contributed by atoms with E-state index >= 15 is 0 Å². The van der Waals surface area contributed by atoms with Crippen LogP contribution >= 0.6 is 27.5 Å². The lowest BCUT2D eigenvalue weighted by molar-refractivity contribution is 0.0954. The summed E-state index contributed by atoms with van der Waals surface area (Å²) in [6, 6.07) is 11.3. The molecule has 0 fully saturated rings. The fourth-order valence-corrected chi connectivity index (χ4v) is 2.18. The SMILES string of the molecule is O=C(NCCc1cccc(F)c1)c1ccc(Br)c(Cl)c1. The summed E-state index contributed by atoms with van der Waals surface area (Å²) in [7, 11) is 0. The quantitative estimate of drug-likeness (QED) is 0.873. The van der Waals surface area contributed by atoms with Crippen LogP contribution in [-0.2, 0) is 6.42 Å². The van der Waals surface area contributed by atoms with Gasteiger partial charge in [-0.25, -0.2) is 4.39 Å². The van der Waals surface area contributed by atoms with Gasteiger partial charge in [0.2, 0.25) is 0 Å². The van der Waals surface area contributed by atoms with E-state index in [4.69, 9.17) is 11.6 Å². The van der Waals surface area contributed by atoms with E-state index in [0.29, 0.717) is 23.6 Å². The molecule has 0 saturated carbocycles. The van der Waals surface area contributed by atoms with E-state index in [0.717, 1.165) is 10.0 Å². The molecule has 2 aromatic rings. The van der Waals surface area contributed by atoms with Crippen molar-refractivity contribution < 1.29 is 9.18 Å². The number of hydrogen-bond acceptors (Lipinski definition) is 1. The van der Waals surface area contributed by atoms with Crippen LogP contribution in [0.2, 0.25) is 5.02 Å². The zero-order valence-corrected chi connectivity index (χ0v) is 12.8. The third kappa shape index (κ3) is 4.05. The molecule has 0 atom stereocenters. The van der Waals surface area contributed by atoms with Crippen LogP contribution in [0.4, 0.5) is 4.39 Å². The van der Waals surface area contributed by atoms with Crippen LogP contribution in [-0.4, -0.2) is 12.5 Å². The van der Waals surface area contributed by atoms with Gasteiger partial charge in [-0.2, -0.15) is 0 Å². The van der Waals surface area contributed by atoms with E-state index < -0.39 is 0 Å². The van der Waals surface area contributed by atoms with Gasteiger partial charge in [0.15, 0.2) is 0 Å². The molecule has 1 N–H and O–H groups in total. The predicted octanol–water partition coefficient (Wildman–Crippen LogP) is 4.21. The summed E-state index contributed by atoms with van der Waals surface area (Å²) in [6.45, 7) is 0.440. The maximum atomic E-state index is 13.0. The van der Waals surface area contributed by atoms with Crippen LogP contribution in [0.5, 0.6) is 0 Å². The number of hydrogen-bond donors (Lipinski definition) is 1. The van der Waals surface area contributed by atoms with Crippen molar-refractivity contribution in [3.8, 4) is 0 Å². The number of halogens is 3. The summed E-state index contributed by atoms with van der Waals surface area (Å²) in [5.74, 6) is -0.468. The summed E-state index contributed by atoms with van der Waals surface area (Å²) in [5, 5.41) is 3.27. The third-order valence-corrected chi connectivity index (χ3v) is 4.00. The molecule has 0 aromatic heterocycles. The Morgan fingerprint density at radius 2 is 2.05 bits per heavy atom. The average molecular weight is 357 g/mol. The van der Waals surface area contributed by atoms with E-state index in [-0.39, 0.29) is 11.7 Å². The molecule has 5 heteroatoms. The molecule has 2 nitrogen and oxygen atoms in total. The number of rotatable bonds is 4. The highest BCUT2D eigenvalue weighted by atomic mass is 79.9. The molecule has 1 amide bonds. The molecule has 0 aliphatic carbocycles. The molecule has 0 unspecified atom stereocenters. The minimum Gasteiger partial charge on any atom is -0.352 e. The lowest BCUT2D eigenvalue weighted by Crippen LogP contribution is -2.25. The van der Waals surface area contributed by atoms with Crippen LogP contribution in [0.3, 0.4) is 0 Å². The number of carbonyl (C=O) groups excluding carboxylic acids is 1. The highest BCUT2D eigenvalue weighted by Gasteiger charge is 2.07. The van der Waals surface area contributed by atoms with Gasteiger partial charge in [-0.15, -0.1) is 0 Å². The van der Waals surface area contributed by atoms with Crippen molar-refractivity contribution >= 4 is 33.4 Å². The Balaban J connectivity index is 1.90. The smallest absolute Gasteiger partial charge is 0.251 e. The van der Waals surface area contributed by atoms with Crippen molar-refractivity contribution in [2.24, 2.45) is 0 Å². The zero-order chi connectivity index (χ0) is 14.5. The molecule has 0 heterocycles. The largest absolute Gasteiger partial charge is 0.352 e. The first kappa shape index (κ1) is 15.0. The first-order chi connectivity index (χ1) is 9.56. The molecule has 20 heavy (non-hydrogen) atoms. The van der Waals surface area contributed by atoms with Crippen LogP contribution in [0.1, 0.15) is 15.9 Å². The summed E-state index contributed by atoms with van der Waals surface area (Å²) < 4.78 is 13.7. The molecule has 2 rings (SSSR count). The highest BCUT2D eigenvalue weighted by molar-refractivity contribution is 9.10. The van der Waals surface area contributed by atoms with Gasteiger partial charge in [-0.1, -0.05) is 23.7 Å². The Labute approximate surface area is 130 Å². The molecule has 0 radical (unpaired) electrons.